The van der Waals surface area contributed by atoms with Crippen LogP contribution in [0.5, 0.6) is 5.75 Å². The van der Waals surface area contributed by atoms with Gasteiger partial charge in [0, 0.05) is 16.7 Å². The van der Waals surface area contributed by atoms with Crippen molar-refractivity contribution in [2.45, 2.75) is 6.92 Å². The lowest BCUT2D eigenvalue weighted by Gasteiger charge is -2.13. The molecule has 3 heteroatoms. The average Bonchev–Trinajstić information content (AvgIpc) is 3.06. The highest BCUT2D eigenvalue weighted by Crippen LogP contribution is 2.40. The lowest BCUT2D eigenvalue weighted by Crippen LogP contribution is -1.98. The van der Waals surface area contributed by atoms with E-state index in [1.54, 1.807) is 13.0 Å². The van der Waals surface area contributed by atoms with Gasteiger partial charge in [-0.3, -0.25) is 4.79 Å². The molecule has 0 saturated heterocycles. The molecule has 1 aliphatic heterocycles. The number of hydrogen-bond acceptors (Lipinski definition) is 2. The Bertz CT molecular complexity index is 1000. The molecule has 26 heavy (non-hydrogen) atoms. The third-order valence-electron chi connectivity index (χ3n) is 4.58. The third kappa shape index (κ3) is 2.92. The molecule has 3 aromatic rings. The van der Waals surface area contributed by atoms with E-state index in [1.807, 2.05) is 54.6 Å². The van der Waals surface area contributed by atoms with Gasteiger partial charge < -0.3 is 4.74 Å². The van der Waals surface area contributed by atoms with Crippen LogP contribution in [0.4, 0.5) is 4.39 Å². The van der Waals surface area contributed by atoms with E-state index in [2.05, 4.69) is 0 Å². The maximum atomic E-state index is 13.8. The number of Topliss-reactive ketones (excluding diaryl/α,β-unsaturated/α-hetero) is 1. The van der Waals surface area contributed by atoms with E-state index >= 15 is 0 Å². The summed E-state index contributed by atoms with van der Waals surface area (Å²) in [6.45, 7) is 1.94. The van der Waals surface area contributed by atoms with Gasteiger partial charge in [0.05, 0.1) is 0 Å². The molecule has 4 rings (SSSR count). The van der Waals surface area contributed by atoms with Gasteiger partial charge in [-0.15, -0.1) is 0 Å². The number of ketones is 1. The fourth-order valence-corrected chi connectivity index (χ4v) is 3.29. The Morgan fingerprint density at radius 1 is 0.885 bits per heavy atom. The Morgan fingerprint density at radius 3 is 2.23 bits per heavy atom. The number of carbonyl (C=O) groups excluding carboxylic acids is 1. The molecule has 2 nitrogen and oxygen atoms in total. The standard InChI is InChI=1S/C23H17FO2/c1-15(25)16-7-9-18(10-8-16)23(17-5-3-2-4-6-17)21-14-26-22-12-11-19(24)13-20(21)22/h2-13H,14H2,1H3/b23-21-. The van der Waals surface area contributed by atoms with Gasteiger partial charge in [0.2, 0.25) is 0 Å². The Labute approximate surface area is 151 Å². The van der Waals surface area contributed by atoms with Crippen molar-refractivity contribution in [2.75, 3.05) is 6.61 Å². The fraction of sp³-hybridized carbons (Fsp3) is 0.0870. The number of halogens is 1. The Hall–Kier alpha value is -3.20. The van der Waals surface area contributed by atoms with Gasteiger partial charge in [0.25, 0.3) is 0 Å². The van der Waals surface area contributed by atoms with Crippen molar-refractivity contribution >= 4 is 16.9 Å². The van der Waals surface area contributed by atoms with Crippen LogP contribution in [-0.4, -0.2) is 12.4 Å². The van der Waals surface area contributed by atoms with Crippen molar-refractivity contribution in [1.29, 1.82) is 0 Å². The first-order valence-electron chi connectivity index (χ1n) is 8.46. The van der Waals surface area contributed by atoms with Crippen LogP contribution in [-0.2, 0) is 0 Å². The predicted molar refractivity (Wildman–Crippen MR) is 101 cm³/mol. The van der Waals surface area contributed by atoms with E-state index in [4.69, 9.17) is 4.74 Å². The first-order chi connectivity index (χ1) is 12.6. The van der Waals surface area contributed by atoms with Crippen molar-refractivity contribution < 1.29 is 13.9 Å². The van der Waals surface area contributed by atoms with Crippen molar-refractivity contribution in [3.63, 3.8) is 0 Å². The smallest absolute Gasteiger partial charge is 0.159 e. The molecule has 0 amide bonds. The van der Waals surface area contributed by atoms with E-state index in [1.165, 1.54) is 12.1 Å². The van der Waals surface area contributed by atoms with Crippen LogP contribution in [0.15, 0.2) is 72.8 Å². The van der Waals surface area contributed by atoms with E-state index in [9.17, 15) is 9.18 Å². The van der Waals surface area contributed by atoms with Crippen LogP contribution in [0.25, 0.3) is 11.1 Å². The largest absolute Gasteiger partial charge is 0.488 e. The summed E-state index contributed by atoms with van der Waals surface area (Å²) in [5, 5.41) is 0. The summed E-state index contributed by atoms with van der Waals surface area (Å²) in [5.41, 5.74) is 5.38. The van der Waals surface area contributed by atoms with Crippen molar-refractivity contribution in [3.8, 4) is 5.75 Å². The molecule has 0 aliphatic carbocycles. The second-order valence-electron chi connectivity index (χ2n) is 6.28. The number of rotatable bonds is 3. The summed E-state index contributed by atoms with van der Waals surface area (Å²) in [4.78, 5) is 11.6. The van der Waals surface area contributed by atoms with Gasteiger partial charge in [0.1, 0.15) is 18.2 Å². The molecular weight excluding hydrogens is 327 g/mol. The fourth-order valence-electron chi connectivity index (χ4n) is 3.29. The summed E-state index contributed by atoms with van der Waals surface area (Å²) in [7, 11) is 0. The molecule has 1 aliphatic rings. The molecule has 0 unspecified atom stereocenters. The summed E-state index contributed by atoms with van der Waals surface area (Å²) in [5.74, 6) is 0.434. The Balaban J connectivity index is 1.94. The van der Waals surface area contributed by atoms with Gasteiger partial charge in [-0.25, -0.2) is 4.39 Å². The van der Waals surface area contributed by atoms with E-state index in [0.29, 0.717) is 17.9 Å². The molecule has 3 aromatic carbocycles. The van der Waals surface area contributed by atoms with Crippen LogP contribution in [0.1, 0.15) is 34.0 Å². The quantitative estimate of drug-likeness (QED) is 0.596. The second-order valence-corrected chi connectivity index (χ2v) is 6.28. The molecule has 0 atom stereocenters. The Morgan fingerprint density at radius 2 is 1.54 bits per heavy atom. The topological polar surface area (TPSA) is 26.3 Å². The van der Waals surface area contributed by atoms with E-state index < -0.39 is 0 Å². The second kappa shape index (κ2) is 6.60. The Kier molecular flexibility index (Phi) is 4.13. The minimum atomic E-state index is -0.286. The van der Waals surface area contributed by atoms with Crippen LogP contribution < -0.4 is 4.74 Å². The predicted octanol–water partition coefficient (Wildman–Crippen LogP) is 5.38. The zero-order valence-electron chi connectivity index (χ0n) is 14.3. The van der Waals surface area contributed by atoms with Crippen LogP contribution >= 0.6 is 0 Å². The molecular formula is C23H17FO2. The normalized spacial score (nSPS) is 14.5. The summed E-state index contributed by atoms with van der Waals surface area (Å²) >= 11 is 0. The lowest BCUT2D eigenvalue weighted by molar-refractivity contribution is 0.101. The van der Waals surface area contributed by atoms with Gasteiger partial charge in [-0.05, 0) is 41.8 Å². The van der Waals surface area contributed by atoms with Crippen LogP contribution in [0.2, 0.25) is 0 Å². The van der Waals surface area contributed by atoms with Gasteiger partial charge in [-0.1, -0.05) is 54.6 Å². The third-order valence-corrected chi connectivity index (χ3v) is 4.58. The summed E-state index contributed by atoms with van der Waals surface area (Å²) in [6, 6.07) is 22.1. The number of carbonyl (C=O) groups is 1. The summed E-state index contributed by atoms with van der Waals surface area (Å²) < 4.78 is 19.6. The zero-order chi connectivity index (χ0) is 18.1. The van der Waals surface area contributed by atoms with Gasteiger partial charge >= 0.3 is 0 Å². The van der Waals surface area contributed by atoms with Crippen molar-refractivity contribution in [3.05, 3.63) is 101 Å². The van der Waals surface area contributed by atoms with Crippen molar-refractivity contribution in [1.82, 2.24) is 0 Å². The maximum absolute atomic E-state index is 13.8. The number of benzene rings is 3. The molecule has 0 N–H and O–H groups in total. The lowest BCUT2D eigenvalue weighted by atomic mass is 9.90. The number of hydrogen-bond donors (Lipinski definition) is 0. The number of ether oxygens (including phenoxy) is 1. The highest BCUT2D eigenvalue weighted by molar-refractivity contribution is 6.02. The van der Waals surface area contributed by atoms with Gasteiger partial charge in [-0.2, -0.15) is 0 Å². The highest BCUT2D eigenvalue weighted by atomic mass is 19.1. The molecule has 0 fully saturated rings. The number of fused-ring (bicyclic) bond motifs is 1. The molecule has 0 aromatic heterocycles. The maximum Gasteiger partial charge on any atom is 0.159 e. The molecule has 0 radical (unpaired) electrons. The molecule has 0 spiro atoms. The van der Waals surface area contributed by atoms with Gasteiger partial charge in [0.15, 0.2) is 5.78 Å². The van der Waals surface area contributed by atoms with E-state index in [-0.39, 0.29) is 11.6 Å². The first-order valence-corrected chi connectivity index (χ1v) is 8.46. The van der Waals surface area contributed by atoms with E-state index in [0.717, 1.165) is 27.8 Å². The zero-order valence-corrected chi connectivity index (χ0v) is 14.3. The summed E-state index contributed by atoms with van der Waals surface area (Å²) in [6.07, 6.45) is 0. The first kappa shape index (κ1) is 16.3. The average molecular weight is 344 g/mol. The minimum absolute atomic E-state index is 0.0297. The SMILES string of the molecule is CC(=O)c1ccc(/C(=C2/COc3ccc(F)cc32)c2ccccc2)cc1. The molecule has 128 valence electrons. The highest BCUT2D eigenvalue weighted by Gasteiger charge is 2.23. The minimum Gasteiger partial charge on any atom is -0.488 e. The van der Waals surface area contributed by atoms with Crippen LogP contribution in [0.3, 0.4) is 0 Å². The monoisotopic (exact) mass is 344 g/mol. The molecule has 0 saturated carbocycles. The van der Waals surface area contributed by atoms with Crippen molar-refractivity contribution in [2.24, 2.45) is 0 Å². The molecule has 0 bridgehead atoms. The van der Waals surface area contributed by atoms with Crippen LogP contribution in [0, 0.1) is 5.82 Å². The molecule has 1 heterocycles.